The average molecular weight is 432 g/mol. The number of hydrazone groups is 1. The van der Waals surface area contributed by atoms with Gasteiger partial charge >= 0.3 is 0 Å². The molecule has 2 aromatic rings. The zero-order valence-corrected chi connectivity index (χ0v) is 17.1. The van der Waals surface area contributed by atoms with E-state index >= 15 is 0 Å². The molecule has 30 heavy (non-hydrogen) atoms. The number of para-hydroxylation sites is 1. The molecule has 2 rings (SSSR count). The number of benzene rings is 2. The minimum Gasteiger partial charge on any atom is -0.493 e. The molecular weight excluding hydrogens is 410 g/mol. The van der Waals surface area contributed by atoms with Gasteiger partial charge in [0, 0.05) is 0 Å². The van der Waals surface area contributed by atoms with Crippen LogP contribution in [0.3, 0.4) is 0 Å². The molecule has 0 aromatic heterocycles. The van der Waals surface area contributed by atoms with E-state index in [1.165, 1.54) is 13.3 Å². The summed E-state index contributed by atoms with van der Waals surface area (Å²) in [5, 5.41) is 6.68. The molecule has 0 aliphatic heterocycles. The van der Waals surface area contributed by atoms with Crippen molar-refractivity contribution in [1.29, 1.82) is 0 Å². The van der Waals surface area contributed by atoms with Crippen LogP contribution < -0.4 is 25.0 Å². The summed E-state index contributed by atoms with van der Waals surface area (Å²) >= 11 is 5.94. The lowest BCUT2D eigenvalue weighted by Gasteiger charge is -2.09. The fourth-order valence-electron chi connectivity index (χ4n) is 2.19. The topological polar surface area (TPSA) is 98.2 Å². The van der Waals surface area contributed by atoms with E-state index in [0.717, 1.165) is 0 Å². The Kier molecular flexibility index (Phi) is 9.20. The Labute approximate surface area is 179 Å². The number of hydrogen-bond donors (Lipinski definition) is 2. The smallest absolute Gasteiger partial charge is 0.259 e. The number of ether oxygens (including phenoxy) is 3. The van der Waals surface area contributed by atoms with Crippen molar-refractivity contribution in [3.8, 4) is 17.2 Å². The van der Waals surface area contributed by atoms with Crippen LogP contribution in [-0.2, 0) is 9.59 Å². The summed E-state index contributed by atoms with van der Waals surface area (Å²) in [5.74, 6) is 0.530. The summed E-state index contributed by atoms with van der Waals surface area (Å²) in [6.45, 7) is 3.44. The van der Waals surface area contributed by atoms with Gasteiger partial charge < -0.3 is 19.5 Å². The van der Waals surface area contributed by atoms with Gasteiger partial charge in [-0.1, -0.05) is 36.4 Å². The number of methoxy groups -OCH3 is 1. The summed E-state index contributed by atoms with van der Waals surface area (Å²) in [4.78, 5) is 23.6. The van der Waals surface area contributed by atoms with E-state index in [2.05, 4.69) is 22.4 Å². The third-order valence-electron chi connectivity index (χ3n) is 3.59. The predicted octanol–water partition coefficient (Wildman–Crippen LogP) is 2.56. The lowest BCUT2D eigenvalue weighted by molar-refractivity contribution is -0.127. The molecule has 8 nitrogen and oxygen atoms in total. The maximum absolute atomic E-state index is 11.8. The quantitative estimate of drug-likeness (QED) is 0.323. The Morgan fingerprint density at radius 1 is 1.10 bits per heavy atom. The largest absolute Gasteiger partial charge is 0.493 e. The van der Waals surface area contributed by atoms with Crippen LogP contribution in [0.4, 0.5) is 0 Å². The van der Waals surface area contributed by atoms with E-state index in [4.69, 9.17) is 25.8 Å². The number of hydrogen-bond acceptors (Lipinski definition) is 6. The lowest BCUT2D eigenvalue weighted by atomic mass is 10.2. The second-order valence-corrected chi connectivity index (χ2v) is 6.21. The molecule has 0 fully saturated rings. The second-order valence-electron chi connectivity index (χ2n) is 5.80. The molecule has 0 aliphatic rings. The van der Waals surface area contributed by atoms with Crippen LogP contribution in [-0.4, -0.2) is 44.9 Å². The number of amides is 2. The van der Waals surface area contributed by atoms with Crippen LogP contribution in [0, 0.1) is 0 Å². The first-order valence-electron chi connectivity index (χ1n) is 8.91. The molecule has 2 aromatic carbocycles. The SMILES string of the molecule is C=CCOc1ccc(C=NNC(=O)CNC(=O)COc2ccccc2Cl)cc1OC. The minimum absolute atomic E-state index is 0.250. The summed E-state index contributed by atoms with van der Waals surface area (Å²) in [5.41, 5.74) is 3.01. The second kappa shape index (κ2) is 12.1. The molecule has 0 bridgehead atoms. The van der Waals surface area contributed by atoms with Gasteiger partial charge in [-0.15, -0.1) is 0 Å². The van der Waals surface area contributed by atoms with Gasteiger partial charge in [-0.3, -0.25) is 9.59 Å². The first-order chi connectivity index (χ1) is 14.5. The number of halogens is 1. The van der Waals surface area contributed by atoms with Crippen molar-refractivity contribution < 1.29 is 23.8 Å². The van der Waals surface area contributed by atoms with Gasteiger partial charge in [0.15, 0.2) is 18.1 Å². The first-order valence-corrected chi connectivity index (χ1v) is 9.29. The fourth-order valence-corrected chi connectivity index (χ4v) is 2.38. The molecule has 0 heterocycles. The fraction of sp³-hybridized carbons (Fsp3) is 0.190. The van der Waals surface area contributed by atoms with Gasteiger partial charge in [-0.05, 0) is 35.9 Å². The van der Waals surface area contributed by atoms with Crippen LogP contribution in [0.15, 0.2) is 60.2 Å². The summed E-state index contributed by atoms with van der Waals surface area (Å²) in [6.07, 6.45) is 3.08. The molecule has 158 valence electrons. The predicted molar refractivity (Wildman–Crippen MR) is 114 cm³/mol. The maximum Gasteiger partial charge on any atom is 0.259 e. The molecule has 0 spiro atoms. The van der Waals surface area contributed by atoms with Crippen molar-refractivity contribution in [3.63, 3.8) is 0 Å². The van der Waals surface area contributed by atoms with Crippen molar-refractivity contribution in [3.05, 3.63) is 65.7 Å². The standard InChI is InChI=1S/C21H22ClN3O5/c1-3-10-29-18-9-8-15(11-19(18)28-2)12-24-25-20(26)13-23-21(27)14-30-17-7-5-4-6-16(17)22/h3-9,11-12H,1,10,13-14H2,2H3,(H,23,27)(H,25,26). The first kappa shape index (κ1) is 22.8. The van der Waals surface area contributed by atoms with Crippen LogP contribution in [0.2, 0.25) is 5.02 Å². The summed E-state index contributed by atoms with van der Waals surface area (Å²) in [7, 11) is 1.52. The van der Waals surface area contributed by atoms with Crippen LogP contribution in [0.25, 0.3) is 0 Å². The highest BCUT2D eigenvalue weighted by Gasteiger charge is 2.08. The van der Waals surface area contributed by atoms with E-state index in [9.17, 15) is 9.59 Å². The Hall–Kier alpha value is -3.52. The number of rotatable bonds is 11. The summed E-state index contributed by atoms with van der Waals surface area (Å²) in [6, 6.07) is 12.0. The zero-order valence-electron chi connectivity index (χ0n) is 16.4. The molecule has 0 saturated carbocycles. The molecular formula is C21H22ClN3O5. The number of nitrogens with zero attached hydrogens (tertiary/aromatic N) is 1. The van der Waals surface area contributed by atoms with Gasteiger partial charge in [-0.2, -0.15) is 5.10 Å². The van der Waals surface area contributed by atoms with E-state index in [1.807, 2.05) is 0 Å². The third kappa shape index (κ3) is 7.48. The van der Waals surface area contributed by atoms with Crippen LogP contribution in [0.1, 0.15) is 5.56 Å². The molecule has 0 aliphatic carbocycles. The van der Waals surface area contributed by atoms with Crippen molar-refractivity contribution in [1.82, 2.24) is 10.7 Å². The number of carbonyl (C=O) groups is 2. The van der Waals surface area contributed by atoms with Crippen LogP contribution in [0.5, 0.6) is 17.2 Å². The van der Waals surface area contributed by atoms with Crippen LogP contribution >= 0.6 is 11.6 Å². The number of nitrogens with one attached hydrogen (secondary N) is 2. The molecule has 9 heteroatoms. The zero-order chi connectivity index (χ0) is 21.8. The van der Waals surface area contributed by atoms with Crippen molar-refractivity contribution in [2.45, 2.75) is 0 Å². The molecule has 0 unspecified atom stereocenters. The van der Waals surface area contributed by atoms with Gasteiger partial charge in [0.2, 0.25) is 0 Å². The van der Waals surface area contributed by atoms with Gasteiger partial charge in [0.1, 0.15) is 12.4 Å². The highest BCUT2D eigenvalue weighted by atomic mass is 35.5. The Balaban J connectivity index is 1.75. The van der Waals surface area contributed by atoms with Gasteiger partial charge in [-0.25, -0.2) is 5.43 Å². The Bertz CT molecular complexity index is 917. The highest BCUT2D eigenvalue weighted by molar-refractivity contribution is 6.32. The average Bonchev–Trinajstić information content (AvgIpc) is 2.76. The van der Waals surface area contributed by atoms with E-state index < -0.39 is 11.8 Å². The van der Waals surface area contributed by atoms with E-state index in [-0.39, 0.29) is 13.2 Å². The molecule has 0 saturated heterocycles. The monoisotopic (exact) mass is 431 g/mol. The van der Waals surface area contributed by atoms with Gasteiger partial charge in [0.25, 0.3) is 11.8 Å². The van der Waals surface area contributed by atoms with Gasteiger partial charge in [0.05, 0.1) is 24.9 Å². The lowest BCUT2D eigenvalue weighted by Crippen LogP contribution is -2.37. The van der Waals surface area contributed by atoms with E-state index in [0.29, 0.717) is 34.4 Å². The Morgan fingerprint density at radius 2 is 1.90 bits per heavy atom. The molecule has 2 N–H and O–H groups in total. The maximum atomic E-state index is 11.8. The molecule has 0 radical (unpaired) electrons. The van der Waals surface area contributed by atoms with Crippen molar-refractivity contribution in [2.75, 3.05) is 26.9 Å². The number of carbonyl (C=O) groups excluding carboxylic acids is 2. The minimum atomic E-state index is -0.491. The molecule has 0 atom stereocenters. The summed E-state index contributed by atoms with van der Waals surface area (Å²) < 4.78 is 16.0. The normalized spacial score (nSPS) is 10.3. The highest BCUT2D eigenvalue weighted by Crippen LogP contribution is 2.27. The van der Waals surface area contributed by atoms with Crippen molar-refractivity contribution >= 4 is 29.6 Å². The Morgan fingerprint density at radius 3 is 2.63 bits per heavy atom. The molecule has 2 amide bonds. The van der Waals surface area contributed by atoms with Crippen molar-refractivity contribution in [2.24, 2.45) is 5.10 Å². The third-order valence-corrected chi connectivity index (χ3v) is 3.90. The van der Waals surface area contributed by atoms with E-state index in [1.54, 1.807) is 48.5 Å².